The number of halogens is 1. The average Bonchev–Trinajstić information content (AvgIpc) is 2.23. The van der Waals surface area contributed by atoms with E-state index in [0.29, 0.717) is 11.4 Å². The highest BCUT2D eigenvalue weighted by Crippen LogP contribution is 2.23. The van der Waals surface area contributed by atoms with Crippen molar-refractivity contribution in [3.63, 3.8) is 0 Å². The van der Waals surface area contributed by atoms with E-state index in [9.17, 15) is 0 Å². The molecule has 1 aromatic heterocycles. The van der Waals surface area contributed by atoms with Gasteiger partial charge in [-0.25, -0.2) is 9.97 Å². The van der Waals surface area contributed by atoms with Crippen molar-refractivity contribution in [1.82, 2.24) is 9.97 Å². The fraction of sp³-hybridized carbons (Fsp3) is 0. The Morgan fingerprint density at radius 1 is 1.14 bits per heavy atom. The highest BCUT2D eigenvalue weighted by Gasteiger charge is 2.04. The molecule has 0 spiro atoms. The number of nitrogen functional groups attached to an aromatic ring is 1. The van der Waals surface area contributed by atoms with Gasteiger partial charge in [0, 0.05) is 5.56 Å². The summed E-state index contributed by atoms with van der Waals surface area (Å²) in [5.74, 6) is 0. The molecule has 0 saturated carbocycles. The molecule has 2 aromatic rings. The van der Waals surface area contributed by atoms with Crippen LogP contribution in [0.4, 0.5) is 5.69 Å². The molecule has 0 atom stereocenters. The van der Waals surface area contributed by atoms with Gasteiger partial charge in [-0.2, -0.15) is 0 Å². The minimum atomic E-state index is 0.207. The molecule has 0 aliphatic rings. The van der Waals surface area contributed by atoms with E-state index in [4.69, 9.17) is 17.3 Å². The number of rotatable bonds is 1. The van der Waals surface area contributed by atoms with Gasteiger partial charge < -0.3 is 5.73 Å². The fourth-order valence-corrected chi connectivity index (χ4v) is 1.33. The van der Waals surface area contributed by atoms with Crippen molar-refractivity contribution in [1.29, 1.82) is 0 Å². The zero-order chi connectivity index (χ0) is 9.97. The van der Waals surface area contributed by atoms with Crippen LogP contribution < -0.4 is 5.73 Å². The smallest absolute Gasteiger partial charge is 0.223 e. The monoisotopic (exact) mass is 205 g/mol. The lowest BCUT2D eigenvalue weighted by atomic mass is 10.1. The third-order valence-electron chi connectivity index (χ3n) is 1.83. The van der Waals surface area contributed by atoms with E-state index in [1.165, 1.54) is 6.20 Å². The molecule has 0 fully saturated rings. The standard InChI is InChI=1S/C10H8ClN3/c11-10-13-6-8(12)9(14-10)7-4-2-1-3-5-7/h1-6H,12H2. The SMILES string of the molecule is Nc1cnc(Cl)nc1-c1ccccc1. The normalized spacial score (nSPS) is 10.1. The van der Waals surface area contributed by atoms with Crippen molar-refractivity contribution in [2.75, 3.05) is 5.73 Å². The Kier molecular flexibility index (Phi) is 2.33. The molecule has 2 N–H and O–H groups in total. The summed E-state index contributed by atoms with van der Waals surface area (Å²) >= 11 is 5.69. The summed E-state index contributed by atoms with van der Waals surface area (Å²) in [6.45, 7) is 0. The molecule has 14 heavy (non-hydrogen) atoms. The molecule has 0 radical (unpaired) electrons. The topological polar surface area (TPSA) is 51.8 Å². The minimum Gasteiger partial charge on any atom is -0.396 e. The zero-order valence-electron chi connectivity index (χ0n) is 7.31. The van der Waals surface area contributed by atoms with Crippen LogP contribution in [0.5, 0.6) is 0 Å². The number of benzene rings is 1. The molecular formula is C10H8ClN3. The molecule has 4 heteroatoms. The Morgan fingerprint density at radius 3 is 2.57 bits per heavy atom. The highest BCUT2D eigenvalue weighted by atomic mass is 35.5. The van der Waals surface area contributed by atoms with Gasteiger partial charge in [0.1, 0.15) is 0 Å². The highest BCUT2D eigenvalue weighted by molar-refractivity contribution is 6.28. The van der Waals surface area contributed by atoms with Crippen molar-refractivity contribution >= 4 is 17.3 Å². The van der Waals surface area contributed by atoms with E-state index in [1.807, 2.05) is 30.3 Å². The van der Waals surface area contributed by atoms with Crippen LogP contribution in [0.3, 0.4) is 0 Å². The fourth-order valence-electron chi connectivity index (χ4n) is 1.20. The Labute approximate surface area is 86.6 Å². The zero-order valence-corrected chi connectivity index (χ0v) is 8.07. The number of aromatic nitrogens is 2. The predicted molar refractivity (Wildman–Crippen MR) is 56.9 cm³/mol. The number of hydrogen-bond acceptors (Lipinski definition) is 3. The molecule has 0 amide bonds. The summed E-state index contributed by atoms with van der Waals surface area (Å²) in [4.78, 5) is 7.87. The lowest BCUT2D eigenvalue weighted by Gasteiger charge is -2.03. The summed E-state index contributed by atoms with van der Waals surface area (Å²) in [7, 11) is 0. The molecule has 2 rings (SSSR count). The Morgan fingerprint density at radius 2 is 1.86 bits per heavy atom. The summed E-state index contributed by atoms with van der Waals surface area (Å²) in [6, 6.07) is 9.63. The summed E-state index contributed by atoms with van der Waals surface area (Å²) in [6.07, 6.45) is 1.51. The predicted octanol–water partition coefficient (Wildman–Crippen LogP) is 2.38. The van der Waals surface area contributed by atoms with Gasteiger partial charge in [-0.1, -0.05) is 30.3 Å². The lowest BCUT2D eigenvalue weighted by Crippen LogP contribution is -1.95. The van der Waals surface area contributed by atoms with Crippen molar-refractivity contribution in [3.8, 4) is 11.3 Å². The van der Waals surface area contributed by atoms with Gasteiger partial charge in [-0.05, 0) is 11.6 Å². The summed E-state index contributed by atoms with van der Waals surface area (Å²) < 4.78 is 0. The number of nitrogens with zero attached hydrogens (tertiary/aromatic N) is 2. The van der Waals surface area contributed by atoms with E-state index < -0.39 is 0 Å². The van der Waals surface area contributed by atoms with Crippen molar-refractivity contribution in [3.05, 3.63) is 41.8 Å². The molecule has 70 valence electrons. The molecule has 1 aromatic carbocycles. The van der Waals surface area contributed by atoms with Crippen LogP contribution in [0, 0.1) is 0 Å². The third-order valence-corrected chi connectivity index (χ3v) is 2.02. The largest absolute Gasteiger partial charge is 0.396 e. The van der Waals surface area contributed by atoms with Crippen LogP contribution >= 0.6 is 11.6 Å². The average molecular weight is 206 g/mol. The van der Waals surface area contributed by atoms with Gasteiger partial charge in [0.15, 0.2) is 0 Å². The first kappa shape index (κ1) is 8.97. The van der Waals surface area contributed by atoms with Crippen molar-refractivity contribution in [2.24, 2.45) is 0 Å². The summed E-state index contributed by atoms with van der Waals surface area (Å²) in [5.41, 5.74) is 7.88. The van der Waals surface area contributed by atoms with Crippen LogP contribution in [0.2, 0.25) is 5.28 Å². The van der Waals surface area contributed by atoms with E-state index in [1.54, 1.807) is 0 Å². The Balaban J connectivity index is 2.57. The minimum absolute atomic E-state index is 0.207. The number of anilines is 1. The van der Waals surface area contributed by atoms with Gasteiger partial charge in [-0.15, -0.1) is 0 Å². The Hall–Kier alpha value is -1.61. The molecule has 0 aliphatic carbocycles. The first-order chi connectivity index (χ1) is 6.77. The van der Waals surface area contributed by atoms with Gasteiger partial charge >= 0.3 is 0 Å². The third kappa shape index (κ3) is 1.67. The maximum absolute atomic E-state index is 5.74. The molecule has 0 aliphatic heterocycles. The second-order valence-electron chi connectivity index (χ2n) is 2.81. The summed E-state index contributed by atoms with van der Waals surface area (Å²) in [5, 5.41) is 0.207. The number of hydrogen-bond donors (Lipinski definition) is 1. The van der Waals surface area contributed by atoms with E-state index >= 15 is 0 Å². The van der Waals surface area contributed by atoms with Crippen LogP contribution in [0.25, 0.3) is 11.3 Å². The van der Waals surface area contributed by atoms with E-state index in [-0.39, 0.29) is 5.28 Å². The Bertz CT molecular complexity index is 442. The molecule has 0 saturated heterocycles. The van der Waals surface area contributed by atoms with Gasteiger partial charge in [0.2, 0.25) is 5.28 Å². The maximum Gasteiger partial charge on any atom is 0.223 e. The quantitative estimate of drug-likeness (QED) is 0.728. The van der Waals surface area contributed by atoms with Crippen LogP contribution in [0.1, 0.15) is 0 Å². The van der Waals surface area contributed by atoms with Crippen molar-refractivity contribution in [2.45, 2.75) is 0 Å². The molecule has 3 nitrogen and oxygen atoms in total. The van der Waals surface area contributed by atoms with Crippen LogP contribution in [0.15, 0.2) is 36.5 Å². The number of nitrogens with two attached hydrogens (primary N) is 1. The molecule has 1 heterocycles. The maximum atomic E-state index is 5.74. The van der Waals surface area contributed by atoms with E-state index in [0.717, 1.165) is 5.56 Å². The molecule has 0 bridgehead atoms. The van der Waals surface area contributed by atoms with Crippen LogP contribution in [-0.4, -0.2) is 9.97 Å². The molecule has 0 unspecified atom stereocenters. The second-order valence-corrected chi connectivity index (χ2v) is 3.15. The lowest BCUT2D eigenvalue weighted by molar-refractivity contribution is 1.18. The first-order valence-corrected chi connectivity index (χ1v) is 4.48. The van der Waals surface area contributed by atoms with Crippen LogP contribution in [-0.2, 0) is 0 Å². The van der Waals surface area contributed by atoms with Crippen molar-refractivity contribution < 1.29 is 0 Å². The first-order valence-electron chi connectivity index (χ1n) is 4.11. The van der Waals surface area contributed by atoms with Gasteiger partial charge in [-0.3, -0.25) is 0 Å². The van der Waals surface area contributed by atoms with Gasteiger partial charge in [0.05, 0.1) is 17.6 Å². The van der Waals surface area contributed by atoms with E-state index in [2.05, 4.69) is 9.97 Å². The molecular weight excluding hydrogens is 198 g/mol. The second kappa shape index (κ2) is 3.64. The van der Waals surface area contributed by atoms with Gasteiger partial charge in [0.25, 0.3) is 0 Å².